The van der Waals surface area contributed by atoms with Gasteiger partial charge in [0.05, 0.1) is 0 Å². The Balaban J connectivity index is 0.00000147. The predicted octanol–water partition coefficient (Wildman–Crippen LogP) is 3.18. The molecule has 2 heterocycles. The van der Waals surface area contributed by atoms with Crippen LogP contribution in [-0.2, 0) is 0 Å². The largest absolute Gasteiger partial charge is 0.451 e. The lowest BCUT2D eigenvalue weighted by atomic mass is 10.1. The molecule has 1 aromatic heterocycles. The van der Waals surface area contributed by atoms with E-state index in [0.29, 0.717) is 18.8 Å². The van der Waals surface area contributed by atoms with Crippen LogP contribution in [-0.4, -0.2) is 29.9 Å². The third-order valence-electron chi connectivity index (χ3n) is 3.52. The molecular formula is C14H16BrClN2O2. The zero-order chi connectivity index (χ0) is 13.4. The first-order valence-corrected chi connectivity index (χ1v) is 7.17. The SMILES string of the molecule is Cl.NC1CCN(C(=O)c2cc3cc(Br)ccc3o2)CC1. The molecule has 0 spiro atoms. The van der Waals surface area contributed by atoms with E-state index in [4.69, 9.17) is 10.2 Å². The molecular weight excluding hydrogens is 344 g/mol. The molecule has 2 N–H and O–H groups in total. The molecule has 20 heavy (non-hydrogen) atoms. The Bertz CT molecular complexity index is 621. The molecule has 2 aromatic rings. The Morgan fingerprint density at radius 1 is 1.30 bits per heavy atom. The van der Waals surface area contributed by atoms with Gasteiger partial charge in [0.15, 0.2) is 5.76 Å². The average Bonchev–Trinajstić information content (AvgIpc) is 2.81. The van der Waals surface area contributed by atoms with Gasteiger partial charge in [-0.25, -0.2) is 0 Å². The van der Waals surface area contributed by atoms with Gasteiger partial charge in [0.2, 0.25) is 0 Å². The van der Waals surface area contributed by atoms with Crippen LogP contribution in [0.4, 0.5) is 0 Å². The number of fused-ring (bicyclic) bond motifs is 1. The first-order valence-electron chi connectivity index (χ1n) is 6.37. The van der Waals surface area contributed by atoms with Crippen LogP contribution in [0, 0.1) is 0 Å². The van der Waals surface area contributed by atoms with Crippen molar-refractivity contribution in [2.24, 2.45) is 5.73 Å². The number of nitrogens with two attached hydrogens (primary N) is 1. The van der Waals surface area contributed by atoms with Crippen molar-refractivity contribution in [1.82, 2.24) is 4.90 Å². The number of halogens is 2. The third-order valence-corrected chi connectivity index (χ3v) is 4.01. The number of amides is 1. The van der Waals surface area contributed by atoms with E-state index >= 15 is 0 Å². The van der Waals surface area contributed by atoms with Gasteiger partial charge in [-0.1, -0.05) is 15.9 Å². The first-order chi connectivity index (χ1) is 9.13. The molecule has 0 atom stereocenters. The Labute approximate surface area is 131 Å². The fourth-order valence-electron chi connectivity index (χ4n) is 2.38. The molecule has 0 bridgehead atoms. The molecule has 0 unspecified atom stereocenters. The minimum atomic E-state index is -0.0424. The lowest BCUT2D eigenvalue weighted by Crippen LogP contribution is -2.42. The maximum atomic E-state index is 12.3. The van der Waals surface area contributed by atoms with Crippen molar-refractivity contribution in [2.75, 3.05) is 13.1 Å². The zero-order valence-corrected chi connectivity index (χ0v) is 13.2. The molecule has 1 fully saturated rings. The van der Waals surface area contributed by atoms with Gasteiger partial charge < -0.3 is 15.1 Å². The second-order valence-electron chi connectivity index (χ2n) is 4.92. The van der Waals surface area contributed by atoms with E-state index in [1.54, 1.807) is 6.07 Å². The highest BCUT2D eigenvalue weighted by Crippen LogP contribution is 2.24. The topological polar surface area (TPSA) is 59.5 Å². The predicted molar refractivity (Wildman–Crippen MR) is 84.3 cm³/mol. The second-order valence-corrected chi connectivity index (χ2v) is 5.84. The first kappa shape index (κ1) is 15.4. The molecule has 1 aromatic carbocycles. The number of rotatable bonds is 1. The van der Waals surface area contributed by atoms with Gasteiger partial charge >= 0.3 is 0 Å². The molecule has 6 heteroatoms. The van der Waals surface area contributed by atoms with Crippen LogP contribution >= 0.6 is 28.3 Å². The summed E-state index contributed by atoms with van der Waals surface area (Å²) in [6.45, 7) is 1.42. The maximum Gasteiger partial charge on any atom is 0.289 e. The van der Waals surface area contributed by atoms with Crippen LogP contribution in [0.15, 0.2) is 33.2 Å². The van der Waals surface area contributed by atoms with E-state index in [0.717, 1.165) is 28.3 Å². The molecule has 0 aliphatic carbocycles. The van der Waals surface area contributed by atoms with Crippen molar-refractivity contribution in [3.05, 3.63) is 34.5 Å². The maximum absolute atomic E-state index is 12.3. The third kappa shape index (κ3) is 3.00. The lowest BCUT2D eigenvalue weighted by Gasteiger charge is -2.29. The van der Waals surface area contributed by atoms with E-state index in [1.165, 1.54) is 0 Å². The highest BCUT2D eigenvalue weighted by Gasteiger charge is 2.24. The summed E-state index contributed by atoms with van der Waals surface area (Å²) in [5.74, 6) is 0.364. The minimum Gasteiger partial charge on any atom is -0.451 e. The number of carbonyl (C=O) groups is 1. The van der Waals surface area contributed by atoms with Crippen LogP contribution in [0.1, 0.15) is 23.4 Å². The van der Waals surface area contributed by atoms with Crippen LogP contribution in [0.5, 0.6) is 0 Å². The Kier molecular flexibility index (Phi) is 4.73. The highest BCUT2D eigenvalue weighted by molar-refractivity contribution is 9.10. The summed E-state index contributed by atoms with van der Waals surface area (Å²) < 4.78 is 6.60. The fourth-order valence-corrected chi connectivity index (χ4v) is 2.76. The van der Waals surface area contributed by atoms with Gasteiger partial charge in [0.25, 0.3) is 5.91 Å². The van der Waals surface area contributed by atoms with Gasteiger partial charge in [0, 0.05) is 29.0 Å². The summed E-state index contributed by atoms with van der Waals surface area (Å²) in [4.78, 5) is 14.2. The fraction of sp³-hybridized carbons (Fsp3) is 0.357. The van der Waals surface area contributed by atoms with Gasteiger partial charge in [-0.15, -0.1) is 12.4 Å². The number of nitrogens with zero attached hydrogens (tertiary/aromatic N) is 1. The summed E-state index contributed by atoms with van der Waals surface area (Å²) in [6, 6.07) is 7.73. The number of furan rings is 1. The van der Waals surface area contributed by atoms with E-state index in [1.807, 2.05) is 23.1 Å². The molecule has 1 amide bonds. The zero-order valence-electron chi connectivity index (χ0n) is 10.8. The molecule has 0 saturated carbocycles. The quantitative estimate of drug-likeness (QED) is 0.850. The minimum absolute atomic E-state index is 0. The average molecular weight is 360 g/mol. The number of piperidine rings is 1. The number of hydrogen-bond donors (Lipinski definition) is 1. The van der Waals surface area contributed by atoms with Crippen molar-refractivity contribution < 1.29 is 9.21 Å². The van der Waals surface area contributed by atoms with Crippen molar-refractivity contribution in [2.45, 2.75) is 18.9 Å². The van der Waals surface area contributed by atoms with Gasteiger partial charge in [0.1, 0.15) is 5.58 Å². The van der Waals surface area contributed by atoms with Crippen LogP contribution in [0.2, 0.25) is 0 Å². The van der Waals surface area contributed by atoms with E-state index in [9.17, 15) is 4.79 Å². The monoisotopic (exact) mass is 358 g/mol. The van der Waals surface area contributed by atoms with Crippen LogP contribution in [0.25, 0.3) is 11.0 Å². The van der Waals surface area contributed by atoms with Crippen molar-refractivity contribution in [3.8, 4) is 0 Å². The van der Waals surface area contributed by atoms with Crippen LogP contribution in [0.3, 0.4) is 0 Å². The van der Waals surface area contributed by atoms with Crippen molar-refractivity contribution in [3.63, 3.8) is 0 Å². The van der Waals surface area contributed by atoms with Crippen molar-refractivity contribution in [1.29, 1.82) is 0 Å². The lowest BCUT2D eigenvalue weighted by molar-refractivity contribution is 0.0685. The molecule has 4 nitrogen and oxygen atoms in total. The number of benzene rings is 1. The Hall–Kier alpha value is -1.04. The normalized spacial score (nSPS) is 16.2. The van der Waals surface area contributed by atoms with E-state index in [-0.39, 0.29) is 24.4 Å². The van der Waals surface area contributed by atoms with E-state index < -0.39 is 0 Å². The number of likely N-dealkylation sites (tertiary alicyclic amines) is 1. The summed E-state index contributed by atoms with van der Waals surface area (Å²) in [5.41, 5.74) is 6.58. The standard InChI is InChI=1S/C14H15BrN2O2.ClH/c15-10-1-2-12-9(7-10)8-13(19-12)14(18)17-5-3-11(16)4-6-17;/h1-2,7-8,11H,3-6,16H2;1H. The number of carbonyl (C=O) groups excluding carboxylic acids is 1. The summed E-state index contributed by atoms with van der Waals surface area (Å²) in [6.07, 6.45) is 1.72. The van der Waals surface area contributed by atoms with Crippen molar-refractivity contribution >= 4 is 45.2 Å². The molecule has 1 aliphatic heterocycles. The molecule has 108 valence electrons. The Morgan fingerprint density at radius 2 is 2.00 bits per heavy atom. The second kappa shape index (κ2) is 6.16. The van der Waals surface area contributed by atoms with Gasteiger partial charge in [-0.2, -0.15) is 0 Å². The van der Waals surface area contributed by atoms with E-state index in [2.05, 4.69) is 15.9 Å². The molecule has 3 rings (SSSR count). The molecule has 1 aliphatic rings. The van der Waals surface area contributed by atoms with Crippen LogP contribution < -0.4 is 5.73 Å². The summed E-state index contributed by atoms with van der Waals surface area (Å²) >= 11 is 3.41. The number of hydrogen-bond acceptors (Lipinski definition) is 3. The summed E-state index contributed by atoms with van der Waals surface area (Å²) in [5, 5.41) is 0.937. The highest BCUT2D eigenvalue weighted by atomic mass is 79.9. The molecule has 1 saturated heterocycles. The smallest absolute Gasteiger partial charge is 0.289 e. The van der Waals surface area contributed by atoms with Gasteiger partial charge in [-0.05, 0) is 37.1 Å². The summed E-state index contributed by atoms with van der Waals surface area (Å²) in [7, 11) is 0. The Morgan fingerprint density at radius 3 is 2.70 bits per heavy atom. The molecule has 0 radical (unpaired) electrons. The van der Waals surface area contributed by atoms with Gasteiger partial charge in [-0.3, -0.25) is 4.79 Å².